The second kappa shape index (κ2) is 6.89. The molecule has 0 unspecified atom stereocenters. The summed E-state index contributed by atoms with van der Waals surface area (Å²) in [5.74, 6) is -0.718. The molecule has 1 aromatic carbocycles. The van der Waals surface area contributed by atoms with E-state index < -0.39 is 34.6 Å². The average molecular weight is 402 g/mol. The van der Waals surface area contributed by atoms with Crippen LogP contribution in [0.5, 0.6) is 0 Å². The van der Waals surface area contributed by atoms with Crippen LogP contribution in [0.3, 0.4) is 0 Å². The number of hydrogen-bond acceptors (Lipinski definition) is 4. The molecule has 1 atom stereocenters. The molecule has 0 aliphatic heterocycles. The maximum atomic E-state index is 13.8. The molecular formula is C16H14F4N4O2S. The summed E-state index contributed by atoms with van der Waals surface area (Å²) in [4.78, 5) is -0.324. The summed E-state index contributed by atoms with van der Waals surface area (Å²) < 4.78 is 82.0. The third-order valence-corrected chi connectivity index (χ3v) is 5.91. The lowest BCUT2D eigenvalue weighted by Crippen LogP contribution is -2.42. The summed E-state index contributed by atoms with van der Waals surface area (Å²) >= 11 is 0. The lowest BCUT2D eigenvalue weighted by atomic mass is 10.1. The first kappa shape index (κ1) is 19.2. The predicted octanol–water partition coefficient (Wildman–Crippen LogP) is 3.18. The Labute approximate surface area is 152 Å². The van der Waals surface area contributed by atoms with Gasteiger partial charge in [-0.1, -0.05) is 24.3 Å². The lowest BCUT2D eigenvalue weighted by Gasteiger charge is -2.31. The van der Waals surface area contributed by atoms with E-state index in [9.17, 15) is 26.0 Å². The lowest BCUT2D eigenvalue weighted by molar-refractivity contribution is -0.173. The minimum absolute atomic E-state index is 0.317. The third-order valence-electron chi connectivity index (χ3n) is 3.97. The zero-order valence-corrected chi connectivity index (χ0v) is 14.7. The highest BCUT2D eigenvalue weighted by Crippen LogP contribution is 2.40. The number of fused-ring (bicyclic) bond motifs is 1. The van der Waals surface area contributed by atoms with E-state index in [2.05, 4.69) is 10.3 Å². The molecule has 0 amide bonds. The van der Waals surface area contributed by atoms with E-state index in [0.29, 0.717) is 9.82 Å². The molecule has 27 heavy (non-hydrogen) atoms. The van der Waals surface area contributed by atoms with Crippen molar-refractivity contribution >= 4 is 15.5 Å². The number of aromatic nitrogens is 3. The monoisotopic (exact) mass is 402 g/mol. The highest BCUT2D eigenvalue weighted by atomic mass is 32.2. The van der Waals surface area contributed by atoms with Crippen LogP contribution in [-0.4, -0.2) is 40.3 Å². The van der Waals surface area contributed by atoms with Crippen LogP contribution >= 0.6 is 0 Å². The highest BCUT2D eigenvalue weighted by molar-refractivity contribution is 7.89. The van der Waals surface area contributed by atoms with Crippen molar-refractivity contribution in [3.05, 3.63) is 60.2 Å². The Morgan fingerprint density at radius 2 is 1.85 bits per heavy atom. The number of rotatable bonds is 5. The third kappa shape index (κ3) is 3.65. The van der Waals surface area contributed by atoms with Crippen molar-refractivity contribution in [3.8, 4) is 0 Å². The molecule has 0 radical (unpaired) electrons. The number of halogens is 4. The summed E-state index contributed by atoms with van der Waals surface area (Å²) in [5, 5.41) is 7.29. The van der Waals surface area contributed by atoms with Crippen molar-refractivity contribution in [2.45, 2.75) is 24.0 Å². The Kier molecular flexibility index (Phi) is 4.91. The molecule has 0 saturated carbocycles. The predicted molar refractivity (Wildman–Crippen MR) is 87.7 cm³/mol. The van der Waals surface area contributed by atoms with E-state index in [1.54, 1.807) is 0 Å². The number of sulfonamides is 1. The number of nitrogens with zero attached hydrogens (tertiary/aromatic N) is 4. The Hall–Kier alpha value is -2.53. The highest BCUT2D eigenvalue weighted by Gasteiger charge is 2.48. The summed E-state index contributed by atoms with van der Waals surface area (Å²) in [6.45, 7) is 0.866. The molecule has 2 heterocycles. The van der Waals surface area contributed by atoms with Gasteiger partial charge in [-0.2, -0.15) is 17.5 Å². The van der Waals surface area contributed by atoms with Gasteiger partial charge in [0.05, 0.1) is 16.6 Å². The van der Waals surface area contributed by atoms with Gasteiger partial charge in [-0.05, 0) is 29.8 Å². The fourth-order valence-electron chi connectivity index (χ4n) is 2.76. The van der Waals surface area contributed by atoms with Crippen LogP contribution < -0.4 is 0 Å². The van der Waals surface area contributed by atoms with Gasteiger partial charge in [0.15, 0.2) is 0 Å². The topological polar surface area (TPSA) is 67.6 Å². The molecule has 0 fully saturated rings. The first-order chi connectivity index (χ1) is 12.6. The van der Waals surface area contributed by atoms with Crippen LogP contribution in [0.1, 0.15) is 18.5 Å². The van der Waals surface area contributed by atoms with Crippen molar-refractivity contribution in [2.24, 2.45) is 0 Å². The number of alkyl halides is 3. The molecule has 2 aromatic heterocycles. The van der Waals surface area contributed by atoms with E-state index in [1.165, 1.54) is 29.9 Å². The zero-order valence-electron chi connectivity index (χ0n) is 13.9. The molecule has 0 aliphatic rings. The van der Waals surface area contributed by atoms with Gasteiger partial charge in [0.2, 0.25) is 10.0 Å². The summed E-state index contributed by atoms with van der Waals surface area (Å²) in [6.07, 6.45) is -2.32. The average Bonchev–Trinajstić information content (AvgIpc) is 3.07. The first-order valence-corrected chi connectivity index (χ1v) is 9.22. The Balaban J connectivity index is 2.11. The molecule has 11 heteroatoms. The molecule has 0 spiro atoms. The SMILES string of the molecule is CCN([C@H](c1ccc(F)cc1)C(F)(F)F)S(=O)(=O)c1ccn2nncc2c1. The molecule has 6 nitrogen and oxygen atoms in total. The molecule has 0 aliphatic carbocycles. The van der Waals surface area contributed by atoms with Gasteiger partial charge in [-0.25, -0.2) is 17.3 Å². The fourth-order valence-corrected chi connectivity index (χ4v) is 4.39. The normalized spacial score (nSPS) is 14.0. The molecule has 3 aromatic rings. The number of pyridine rings is 1. The number of benzene rings is 1. The van der Waals surface area contributed by atoms with Crippen LogP contribution in [0.25, 0.3) is 5.52 Å². The van der Waals surface area contributed by atoms with Gasteiger partial charge in [0, 0.05) is 12.7 Å². The van der Waals surface area contributed by atoms with Crippen LogP contribution in [-0.2, 0) is 10.0 Å². The quantitative estimate of drug-likeness (QED) is 0.615. The van der Waals surface area contributed by atoms with Gasteiger partial charge in [-0.3, -0.25) is 0 Å². The van der Waals surface area contributed by atoms with Crippen LogP contribution in [0, 0.1) is 5.82 Å². The van der Waals surface area contributed by atoms with Crippen molar-refractivity contribution in [1.29, 1.82) is 0 Å². The molecule has 144 valence electrons. The molecule has 0 N–H and O–H groups in total. The van der Waals surface area contributed by atoms with E-state index >= 15 is 0 Å². The van der Waals surface area contributed by atoms with E-state index in [0.717, 1.165) is 30.3 Å². The van der Waals surface area contributed by atoms with Crippen molar-refractivity contribution in [3.63, 3.8) is 0 Å². The second-order valence-corrected chi connectivity index (χ2v) is 7.56. The van der Waals surface area contributed by atoms with Crippen LogP contribution in [0.4, 0.5) is 17.6 Å². The standard InChI is InChI=1S/C16H14F4N4O2S/c1-2-24(15(16(18,19)20)11-3-5-12(17)6-4-11)27(25,26)14-7-8-23-13(9-14)10-21-22-23/h3-10,15H,2H2,1H3/t15-/m1/s1. The smallest absolute Gasteiger partial charge is 0.221 e. The summed E-state index contributed by atoms with van der Waals surface area (Å²) in [7, 11) is -4.51. The molecule has 3 rings (SSSR count). The van der Waals surface area contributed by atoms with Gasteiger partial charge in [0.1, 0.15) is 11.9 Å². The first-order valence-electron chi connectivity index (χ1n) is 7.78. The largest absolute Gasteiger partial charge is 0.409 e. The van der Waals surface area contributed by atoms with Crippen molar-refractivity contribution < 1.29 is 26.0 Å². The van der Waals surface area contributed by atoms with Crippen LogP contribution in [0.2, 0.25) is 0 Å². The van der Waals surface area contributed by atoms with Gasteiger partial charge in [-0.15, -0.1) is 5.10 Å². The number of hydrogen-bond donors (Lipinski definition) is 0. The van der Waals surface area contributed by atoms with E-state index in [1.807, 2.05) is 0 Å². The van der Waals surface area contributed by atoms with E-state index in [-0.39, 0.29) is 10.5 Å². The van der Waals surface area contributed by atoms with Crippen LogP contribution in [0.15, 0.2) is 53.7 Å². The Morgan fingerprint density at radius 3 is 2.44 bits per heavy atom. The van der Waals surface area contributed by atoms with Crippen molar-refractivity contribution in [1.82, 2.24) is 19.1 Å². The maximum Gasteiger partial charge on any atom is 0.409 e. The second-order valence-electron chi connectivity index (χ2n) is 5.67. The fraction of sp³-hybridized carbons (Fsp3) is 0.250. The Morgan fingerprint density at radius 1 is 1.19 bits per heavy atom. The van der Waals surface area contributed by atoms with Gasteiger partial charge >= 0.3 is 6.18 Å². The van der Waals surface area contributed by atoms with Crippen molar-refractivity contribution in [2.75, 3.05) is 6.54 Å². The zero-order chi connectivity index (χ0) is 19.8. The van der Waals surface area contributed by atoms with Gasteiger partial charge < -0.3 is 0 Å². The minimum atomic E-state index is -4.90. The summed E-state index contributed by atoms with van der Waals surface area (Å²) in [6, 6.07) is 3.46. The maximum absolute atomic E-state index is 13.8. The van der Waals surface area contributed by atoms with Gasteiger partial charge in [0.25, 0.3) is 0 Å². The summed E-state index contributed by atoms with van der Waals surface area (Å²) in [5.41, 5.74) is -0.0566. The molecule has 0 saturated heterocycles. The Bertz CT molecular complexity index is 1050. The molecular weight excluding hydrogens is 388 g/mol. The molecule has 0 bridgehead atoms. The minimum Gasteiger partial charge on any atom is -0.221 e. The van der Waals surface area contributed by atoms with E-state index in [4.69, 9.17) is 0 Å².